The van der Waals surface area contributed by atoms with Crippen LogP contribution in [0.2, 0.25) is 0 Å². The molecule has 0 amide bonds. The van der Waals surface area contributed by atoms with Gasteiger partial charge >= 0.3 is 0 Å². The molecule has 0 aliphatic rings. The Morgan fingerprint density at radius 1 is 1.06 bits per heavy atom. The van der Waals surface area contributed by atoms with Crippen molar-refractivity contribution >= 4 is 12.4 Å². The molecule has 2 nitrogen and oxygen atoms in total. The van der Waals surface area contributed by atoms with E-state index in [1.807, 2.05) is 18.7 Å². The lowest BCUT2D eigenvalue weighted by Gasteiger charge is -2.02. The van der Waals surface area contributed by atoms with E-state index in [9.17, 15) is 0 Å². The lowest BCUT2D eigenvalue weighted by atomic mass is 10.1. The van der Waals surface area contributed by atoms with Crippen LogP contribution in [0.5, 0.6) is 0 Å². The van der Waals surface area contributed by atoms with Crippen LogP contribution in [0.4, 0.5) is 0 Å². The first-order valence-corrected chi connectivity index (χ1v) is 5.45. The second-order valence-corrected chi connectivity index (χ2v) is 3.74. The minimum Gasteiger partial charge on any atom is -0.337 e. The largest absolute Gasteiger partial charge is 0.337 e. The van der Waals surface area contributed by atoms with Crippen molar-refractivity contribution in [3.63, 3.8) is 0 Å². The molecule has 0 aliphatic carbocycles. The summed E-state index contributed by atoms with van der Waals surface area (Å²) < 4.78 is 2.13. The number of aromatic nitrogens is 2. The van der Waals surface area contributed by atoms with Gasteiger partial charge in [0.1, 0.15) is 0 Å². The van der Waals surface area contributed by atoms with E-state index in [0.717, 1.165) is 6.54 Å². The summed E-state index contributed by atoms with van der Waals surface area (Å²) in [5.74, 6) is 0. The molecule has 0 atom stereocenters. The molecule has 1 aromatic carbocycles. The maximum absolute atomic E-state index is 4.02. The maximum Gasteiger partial charge on any atom is 0.0945 e. The van der Waals surface area contributed by atoms with Crippen molar-refractivity contribution in [3.8, 4) is 0 Å². The maximum atomic E-state index is 4.02. The molecule has 86 valence electrons. The molecule has 2 aromatic rings. The van der Waals surface area contributed by atoms with E-state index in [2.05, 4.69) is 39.9 Å². The molecule has 0 bridgehead atoms. The Morgan fingerprint density at radius 2 is 1.88 bits per heavy atom. The highest BCUT2D eigenvalue weighted by molar-refractivity contribution is 5.85. The second kappa shape index (κ2) is 7.07. The van der Waals surface area contributed by atoms with Crippen LogP contribution in [0.15, 0.2) is 49.1 Å². The number of benzene rings is 1. The van der Waals surface area contributed by atoms with Gasteiger partial charge in [0.15, 0.2) is 0 Å². The molecule has 2 rings (SSSR count). The van der Waals surface area contributed by atoms with Gasteiger partial charge in [-0.2, -0.15) is 0 Å². The van der Waals surface area contributed by atoms with Crippen LogP contribution in [0.25, 0.3) is 0 Å². The molecular weight excluding hydrogens is 220 g/mol. The molecular formula is C13H17ClN2. The molecule has 0 unspecified atom stereocenters. The highest BCUT2D eigenvalue weighted by Crippen LogP contribution is 2.05. The average Bonchev–Trinajstić information content (AvgIpc) is 2.79. The van der Waals surface area contributed by atoms with E-state index in [1.54, 1.807) is 0 Å². The van der Waals surface area contributed by atoms with Gasteiger partial charge in [-0.1, -0.05) is 30.3 Å². The molecule has 0 spiro atoms. The molecule has 0 saturated carbocycles. The predicted octanol–water partition coefficient (Wildman–Crippen LogP) is 3.33. The van der Waals surface area contributed by atoms with Crippen LogP contribution in [-0.4, -0.2) is 9.55 Å². The summed E-state index contributed by atoms with van der Waals surface area (Å²) >= 11 is 0. The van der Waals surface area contributed by atoms with Crippen LogP contribution in [0.3, 0.4) is 0 Å². The van der Waals surface area contributed by atoms with E-state index >= 15 is 0 Å². The van der Waals surface area contributed by atoms with Gasteiger partial charge in [-0.3, -0.25) is 0 Å². The van der Waals surface area contributed by atoms with E-state index in [-0.39, 0.29) is 12.4 Å². The zero-order valence-corrected chi connectivity index (χ0v) is 10.1. The van der Waals surface area contributed by atoms with Crippen molar-refractivity contribution < 1.29 is 0 Å². The second-order valence-electron chi connectivity index (χ2n) is 3.74. The third kappa shape index (κ3) is 4.07. The summed E-state index contributed by atoms with van der Waals surface area (Å²) in [6.07, 6.45) is 9.35. The quantitative estimate of drug-likeness (QED) is 0.729. The molecule has 0 saturated heterocycles. The van der Waals surface area contributed by atoms with Crippen LogP contribution < -0.4 is 0 Å². The normalized spacial score (nSPS) is 9.75. The first-order valence-electron chi connectivity index (χ1n) is 5.45. The molecule has 3 heteroatoms. The number of unbranched alkanes of at least 4 members (excludes halogenated alkanes) is 1. The highest BCUT2D eigenvalue weighted by Gasteiger charge is 1.93. The number of nitrogens with zero attached hydrogens (tertiary/aromatic N) is 2. The number of hydrogen-bond acceptors (Lipinski definition) is 1. The van der Waals surface area contributed by atoms with Gasteiger partial charge in [0.2, 0.25) is 0 Å². The van der Waals surface area contributed by atoms with Gasteiger partial charge in [0.25, 0.3) is 0 Å². The Labute approximate surface area is 103 Å². The average molecular weight is 237 g/mol. The molecule has 1 heterocycles. The topological polar surface area (TPSA) is 17.8 Å². The fraction of sp³-hybridized carbons (Fsp3) is 0.308. The molecule has 0 aliphatic heterocycles. The first kappa shape index (κ1) is 12.8. The zero-order chi connectivity index (χ0) is 10.3. The van der Waals surface area contributed by atoms with Crippen molar-refractivity contribution in [2.24, 2.45) is 0 Å². The predicted molar refractivity (Wildman–Crippen MR) is 68.9 cm³/mol. The van der Waals surface area contributed by atoms with E-state index in [1.165, 1.54) is 24.8 Å². The third-order valence-corrected chi connectivity index (χ3v) is 2.53. The number of imidazole rings is 1. The van der Waals surface area contributed by atoms with Crippen LogP contribution in [0.1, 0.15) is 18.4 Å². The lowest BCUT2D eigenvalue weighted by molar-refractivity contribution is 0.609. The molecule has 16 heavy (non-hydrogen) atoms. The van der Waals surface area contributed by atoms with Crippen molar-refractivity contribution in [2.45, 2.75) is 25.8 Å². The highest BCUT2D eigenvalue weighted by atomic mass is 35.5. The SMILES string of the molecule is Cl.c1ccc(CCCCn2ccnc2)cc1. The van der Waals surface area contributed by atoms with Gasteiger partial charge in [-0.15, -0.1) is 12.4 Å². The summed E-state index contributed by atoms with van der Waals surface area (Å²) in [6.45, 7) is 1.08. The first-order chi connectivity index (χ1) is 7.45. The fourth-order valence-corrected chi connectivity index (χ4v) is 1.69. The number of hydrogen-bond donors (Lipinski definition) is 0. The van der Waals surface area contributed by atoms with Crippen molar-refractivity contribution in [1.82, 2.24) is 9.55 Å². The molecule has 1 aromatic heterocycles. The van der Waals surface area contributed by atoms with Gasteiger partial charge in [-0.25, -0.2) is 4.98 Å². The van der Waals surface area contributed by atoms with Gasteiger partial charge < -0.3 is 4.57 Å². The smallest absolute Gasteiger partial charge is 0.0945 e. The van der Waals surface area contributed by atoms with Crippen LogP contribution >= 0.6 is 12.4 Å². The Hall–Kier alpha value is -1.28. The Kier molecular flexibility index (Phi) is 5.65. The Bertz CT molecular complexity index is 370. The van der Waals surface area contributed by atoms with Crippen molar-refractivity contribution in [1.29, 1.82) is 0 Å². The third-order valence-electron chi connectivity index (χ3n) is 2.53. The number of aryl methyl sites for hydroxylation is 2. The van der Waals surface area contributed by atoms with Gasteiger partial charge in [-0.05, 0) is 24.8 Å². The summed E-state index contributed by atoms with van der Waals surface area (Å²) in [5.41, 5.74) is 1.43. The Morgan fingerprint density at radius 3 is 2.56 bits per heavy atom. The van der Waals surface area contributed by atoms with Crippen LogP contribution in [-0.2, 0) is 13.0 Å². The van der Waals surface area contributed by atoms with Crippen molar-refractivity contribution in [2.75, 3.05) is 0 Å². The van der Waals surface area contributed by atoms with E-state index < -0.39 is 0 Å². The van der Waals surface area contributed by atoms with Gasteiger partial charge in [0, 0.05) is 18.9 Å². The number of halogens is 1. The van der Waals surface area contributed by atoms with E-state index in [4.69, 9.17) is 0 Å². The fourth-order valence-electron chi connectivity index (χ4n) is 1.69. The summed E-state index contributed by atoms with van der Waals surface area (Å²) in [7, 11) is 0. The lowest BCUT2D eigenvalue weighted by Crippen LogP contribution is -1.95. The number of rotatable bonds is 5. The zero-order valence-electron chi connectivity index (χ0n) is 9.25. The summed E-state index contributed by atoms with van der Waals surface area (Å²) in [5, 5.41) is 0. The Balaban J connectivity index is 0.00000128. The standard InChI is InChI=1S/C13H16N2.ClH/c1-2-6-13(7-3-1)8-4-5-10-15-11-9-14-12-15;/h1-3,6-7,9,11-12H,4-5,8,10H2;1H. The summed E-state index contributed by atoms with van der Waals surface area (Å²) in [4.78, 5) is 4.02. The molecule has 0 fully saturated rings. The molecule has 0 radical (unpaired) electrons. The minimum absolute atomic E-state index is 0. The van der Waals surface area contributed by atoms with Gasteiger partial charge in [0.05, 0.1) is 6.33 Å². The molecule has 0 N–H and O–H groups in total. The summed E-state index contributed by atoms with van der Waals surface area (Å²) in [6, 6.07) is 10.7. The van der Waals surface area contributed by atoms with E-state index in [0.29, 0.717) is 0 Å². The van der Waals surface area contributed by atoms with Crippen molar-refractivity contribution in [3.05, 3.63) is 54.6 Å². The minimum atomic E-state index is 0. The van der Waals surface area contributed by atoms with Crippen LogP contribution in [0, 0.1) is 0 Å². The monoisotopic (exact) mass is 236 g/mol.